The van der Waals surface area contributed by atoms with Crippen molar-refractivity contribution in [2.24, 2.45) is 9.98 Å². The third-order valence-corrected chi connectivity index (χ3v) is 6.80. The Bertz CT molecular complexity index is 1520. The third kappa shape index (κ3) is 17.7. The maximum absolute atomic E-state index is 13.1. The number of alkyl carbamates (subject to hydrolysis) is 2. The number of rotatable bonds is 15. The van der Waals surface area contributed by atoms with E-state index >= 15 is 0 Å². The minimum absolute atomic E-state index is 0.0623. The van der Waals surface area contributed by atoms with Gasteiger partial charge in [0.15, 0.2) is 0 Å². The highest BCUT2D eigenvalue weighted by molar-refractivity contribution is 6.01. The molecule has 0 aliphatic carbocycles. The maximum Gasteiger partial charge on any atom is 0.473 e. The Labute approximate surface area is 297 Å². The summed E-state index contributed by atoms with van der Waals surface area (Å²) in [5.74, 6) is -1.60. The number of alkyl halides is 3. The molecule has 284 valence electrons. The molecule has 13 nitrogen and oxygen atoms in total. The molecule has 0 aliphatic rings. The second-order valence-corrected chi connectivity index (χ2v) is 13.9. The summed E-state index contributed by atoms with van der Waals surface area (Å²) >= 11 is 0. The van der Waals surface area contributed by atoms with E-state index < -0.39 is 35.5 Å². The summed E-state index contributed by atoms with van der Waals surface area (Å²) in [6, 6.07) is 7.17. The van der Waals surface area contributed by atoms with Crippen LogP contribution in [-0.4, -0.2) is 69.4 Å². The lowest BCUT2D eigenvalue weighted by atomic mass is 10.1. The van der Waals surface area contributed by atoms with Gasteiger partial charge in [-0.2, -0.15) is 18.2 Å². The molecule has 16 heteroatoms. The topological polar surface area (TPSA) is 161 Å². The number of aryl methyl sites for hydroxylation is 2. The largest absolute Gasteiger partial charge is 0.494 e. The summed E-state index contributed by atoms with van der Waals surface area (Å²) in [4.78, 5) is 44.0. The highest BCUT2D eigenvalue weighted by atomic mass is 19.4. The van der Waals surface area contributed by atoms with E-state index in [1.165, 1.54) is 4.57 Å². The van der Waals surface area contributed by atoms with Crippen LogP contribution in [0.4, 0.5) is 22.8 Å². The zero-order valence-electron chi connectivity index (χ0n) is 30.6. The average molecular weight is 724 g/mol. The molecule has 0 atom stereocenters. The van der Waals surface area contributed by atoms with Gasteiger partial charge in [0.25, 0.3) is 0 Å². The zero-order chi connectivity index (χ0) is 38.2. The molecule has 2 aromatic rings. The first-order chi connectivity index (χ1) is 23.7. The number of carbonyl (C=O) groups is 3. The van der Waals surface area contributed by atoms with Gasteiger partial charge in [-0.25, -0.2) is 9.59 Å². The van der Waals surface area contributed by atoms with E-state index in [0.717, 1.165) is 24.8 Å². The third-order valence-electron chi connectivity index (χ3n) is 6.80. The normalized spacial score (nSPS) is 12.2. The highest BCUT2D eigenvalue weighted by Crippen LogP contribution is 2.16. The highest BCUT2D eigenvalue weighted by Gasteiger charge is 2.38. The Balaban J connectivity index is 1.89. The van der Waals surface area contributed by atoms with Crippen LogP contribution < -0.4 is 21.0 Å². The summed E-state index contributed by atoms with van der Waals surface area (Å²) in [6.07, 6.45) is 1.39. The van der Waals surface area contributed by atoms with E-state index in [4.69, 9.17) is 19.6 Å². The van der Waals surface area contributed by atoms with Gasteiger partial charge in [0.1, 0.15) is 17.0 Å². The lowest BCUT2D eigenvalue weighted by Gasteiger charge is -2.22. The summed E-state index contributed by atoms with van der Waals surface area (Å²) in [5, 5.41) is 12.5. The molecule has 0 saturated carbocycles. The molecule has 0 radical (unpaired) electrons. The number of ether oxygens (including phenoxy) is 3. The molecule has 1 aromatic carbocycles. The maximum atomic E-state index is 13.1. The van der Waals surface area contributed by atoms with Crippen LogP contribution in [0.5, 0.6) is 5.75 Å². The van der Waals surface area contributed by atoms with Gasteiger partial charge in [0.05, 0.1) is 6.61 Å². The SMILES string of the molecule is CC(=N)c1ccc(OCCCCn2ccn(CCCCCCCN=C(NC(=O)OC(C)(C)C)NC(=O)OC(C)(C)C)c2=NC(=O)C(F)(F)F)cc1. The molecule has 0 saturated heterocycles. The number of nitrogens with one attached hydrogen (secondary N) is 3. The Morgan fingerprint density at radius 1 is 0.765 bits per heavy atom. The van der Waals surface area contributed by atoms with Gasteiger partial charge in [-0.05, 0) is 104 Å². The van der Waals surface area contributed by atoms with E-state index in [-0.39, 0.29) is 11.6 Å². The predicted octanol–water partition coefficient (Wildman–Crippen LogP) is 6.88. The van der Waals surface area contributed by atoms with E-state index in [1.54, 1.807) is 89.7 Å². The number of aromatic nitrogens is 2. The van der Waals surface area contributed by atoms with E-state index in [1.807, 2.05) is 0 Å². The number of amides is 3. The van der Waals surface area contributed by atoms with Crippen molar-refractivity contribution < 1.29 is 41.8 Å². The van der Waals surface area contributed by atoms with E-state index in [2.05, 4.69) is 20.6 Å². The van der Waals surface area contributed by atoms with Crippen LogP contribution in [0.15, 0.2) is 46.6 Å². The van der Waals surface area contributed by atoms with Crippen LogP contribution in [0.1, 0.15) is 99.0 Å². The van der Waals surface area contributed by atoms with E-state index in [9.17, 15) is 27.6 Å². The second-order valence-electron chi connectivity index (χ2n) is 13.9. The number of nitrogens with zero attached hydrogens (tertiary/aromatic N) is 4. The predicted molar refractivity (Wildman–Crippen MR) is 187 cm³/mol. The molecule has 0 fully saturated rings. The van der Waals surface area contributed by atoms with Gasteiger partial charge in [-0.3, -0.25) is 20.4 Å². The fraction of sp³-hybridized carbons (Fsp3) is 0.600. The quantitative estimate of drug-likeness (QED) is 0.103. The Morgan fingerprint density at radius 2 is 1.25 bits per heavy atom. The molecular weight excluding hydrogens is 671 g/mol. The minimum atomic E-state index is -5.08. The van der Waals surface area contributed by atoms with Gasteiger partial charge in [0, 0.05) is 37.7 Å². The Kier molecular flexibility index (Phi) is 16.4. The summed E-state index contributed by atoms with van der Waals surface area (Å²) in [6.45, 7) is 13.3. The Hall–Kier alpha value is -4.63. The molecule has 2 rings (SSSR count). The van der Waals surface area contributed by atoms with Gasteiger partial charge in [-0.1, -0.05) is 19.3 Å². The molecule has 0 bridgehead atoms. The van der Waals surface area contributed by atoms with Crippen molar-refractivity contribution in [1.29, 1.82) is 5.41 Å². The van der Waals surface area contributed by atoms with Crippen molar-refractivity contribution >= 4 is 29.8 Å². The number of imidazole rings is 1. The number of unbranched alkanes of at least 4 members (excludes halogenated alkanes) is 5. The van der Waals surface area contributed by atoms with Crippen LogP contribution in [-0.2, 0) is 27.4 Å². The van der Waals surface area contributed by atoms with Gasteiger partial charge in [0.2, 0.25) is 11.6 Å². The first-order valence-electron chi connectivity index (χ1n) is 17.0. The number of hydrogen-bond acceptors (Lipinski definition) is 8. The number of aliphatic imine (C=N–C) groups is 1. The average Bonchev–Trinajstić information content (AvgIpc) is 3.36. The standard InChI is InChI=1S/C35H52F3N7O6/c1-25(39)26-15-17-27(18-16-26)49-24-14-13-21-45-23-22-44(30(45)41-28(46)35(36,37)38)20-12-10-8-9-11-19-40-29(42-31(47)50-33(2,3)4)43-32(48)51-34(5,6)7/h15-18,22-23,39H,8-14,19-21,24H2,1-7H3,(H2,40,42,43,47,48). The first-order valence-corrected chi connectivity index (χ1v) is 17.0. The van der Waals surface area contributed by atoms with Crippen molar-refractivity contribution in [2.75, 3.05) is 13.2 Å². The van der Waals surface area contributed by atoms with Crippen LogP contribution in [0.3, 0.4) is 0 Å². The smallest absolute Gasteiger partial charge is 0.473 e. The number of halogens is 3. The van der Waals surface area contributed by atoms with E-state index in [0.29, 0.717) is 63.4 Å². The Morgan fingerprint density at radius 3 is 1.75 bits per heavy atom. The molecule has 51 heavy (non-hydrogen) atoms. The summed E-state index contributed by atoms with van der Waals surface area (Å²) < 4.78 is 58.6. The minimum Gasteiger partial charge on any atom is -0.494 e. The number of guanidine groups is 1. The molecular formula is C35H52F3N7O6. The lowest BCUT2D eigenvalue weighted by molar-refractivity contribution is -0.169. The van der Waals surface area contributed by atoms with Crippen LogP contribution in [0, 0.1) is 5.41 Å². The number of hydrogen-bond donors (Lipinski definition) is 3. The monoisotopic (exact) mass is 723 g/mol. The summed E-state index contributed by atoms with van der Waals surface area (Å²) in [5.41, 5.74) is -0.316. The van der Waals surface area contributed by atoms with Crippen LogP contribution in [0.2, 0.25) is 0 Å². The number of benzene rings is 1. The second kappa shape index (κ2) is 19.7. The fourth-order valence-electron chi connectivity index (χ4n) is 4.49. The van der Waals surface area contributed by atoms with Gasteiger partial charge in [-0.15, -0.1) is 0 Å². The van der Waals surface area contributed by atoms with Gasteiger partial charge >= 0.3 is 24.3 Å². The molecule has 3 N–H and O–H groups in total. The van der Waals surface area contributed by atoms with Crippen molar-refractivity contribution in [3.05, 3.63) is 47.8 Å². The molecule has 1 heterocycles. The van der Waals surface area contributed by atoms with Crippen molar-refractivity contribution in [1.82, 2.24) is 19.8 Å². The van der Waals surface area contributed by atoms with Crippen molar-refractivity contribution in [3.63, 3.8) is 0 Å². The van der Waals surface area contributed by atoms with Gasteiger partial charge < -0.3 is 28.8 Å². The molecule has 0 unspecified atom stereocenters. The molecule has 3 amide bonds. The summed E-state index contributed by atoms with van der Waals surface area (Å²) in [7, 11) is 0. The van der Waals surface area contributed by atoms with Crippen molar-refractivity contribution in [2.45, 2.75) is 124 Å². The lowest BCUT2D eigenvalue weighted by Crippen LogP contribution is -2.47. The molecule has 1 aromatic heterocycles. The first kappa shape index (κ1) is 42.5. The van der Waals surface area contributed by atoms with Crippen molar-refractivity contribution in [3.8, 4) is 5.75 Å². The molecule has 0 spiro atoms. The molecule has 0 aliphatic heterocycles. The zero-order valence-corrected chi connectivity index (χ0v) is 30.6. The number of carbonyl (C=O) groups excluding carboxylic acids is 3. The van der Waals surface area contributed by atoms with Crippen LogP contribution >= 0.6 is 0 Å². The van der Waals surface area contributed by atoms with Crippen LogP contribution in [0.25, 0.3) is 0 Å². The fourth-order valence-corrected chi connectivity index (χ4v) is 4.49.